The molecule has 1 rings (SSSR count). The van der Waals surface area contributed by atoms with E-state index >= 15 is 0 Å². The number of ether oxygens (including phenoxy) is 2. The molecule has 114 valence electrons. The van der Waals surface area contributed by atoms with Gasteiger partial charge < -0.3 is 14.8 Å². The van der Waals surface area contributed by atoms with Gasteiger partial charge in [0.1, 0.15) is 5.75 Å². The average Bonchev–Trinajstić information content (AvgIpc) is 2.46. The van der Waals surface area contributed by atoms with E-state index in [1.807, 2.05) is 18.2 Å². The summed E-state index contributed by atoms with van der Waals surface area (Å²) in [6, 6.07) is 5.82. The van der Waals surface area contributed by atoms with E-state index in [1.54, 1.807) is 14.2 Å². The molecule has 0 aliphatic heterocycles. The number of hydrogen-bond acceptors (Lipinski definition) is 3. The smallest absolute Gasteiger partial charge is 0.123 e. The molecule has 1 aromatic rings. The van der Waals surface area contributed by atoms with Crippen LogP contribution in [-0.2, 0) is 4.74 Å². The zero-order valence-corrected chi connectivity index (χ0v) is 13.7. The summed E-state index contributed by atoms with van der Waals surface area (Å²) >= 11 is 6.15. The number of benzene rings is 1. The van der Waals surface area contributed by atoms with E-state index in [0.717, 1.165) is 42.1 Å². The van der Waals surface area contributed by atoms with E-state index in [4.69, 9.17) is 21.1 Å². The van der Waals surface area contributed by atoms with Gasteiger partial charge in [0.15, 0.2) is 0 Å². The fourth-order valence-electron chi connectivity index (χ4n) is 2.39. The Bertz CT molecular complexity index is 398. The molecule has 2 atom stereocenters. The van der Waals surface area contributed by atoms with Crippen molar-refractivity contribution in [3.05, 3.63) is 28.8 Å². The zero-order valence-electron chi connectivity index (χ0n) is 12.9. The summed E-state index contributed by atoms with van der Waals surface area (Å²) in [7, 11) is 3.45. The number of hydrogen-bond donors (Lipinski definition) is 1. The Hall–Kier alpha value is -0.770. The average molecular weight is 300 g/mol. The van der Waals surface area contributed by atoms with Crippen LogP contribution < -0.4 is 10.1 Å². The molecule has 0 amide bonds. The molecule has 0 aliphatic rings. The normalized spacial score (nSPS) is 14.1. The van der Waals surface area contributed by atoms with Crippen LogP contribution in [0.25, 0.3) is 0 Å². The van der Waals surface area contributed by atoms with Gasteiger partial charge in [0.05, 0.1) is 19.3 Å². The molecule has 3 nitrogen and oxygen atoms in total. The minimum absolute atomic E-state index is 0.0912. The van der Waals surface area contributed by atoms with Gasteiger partial charge in [-0.15, -0.1) is 0 Å². The molecule has 0 saturated carbocycles. The number of methoxy groups -OCH3 is 2. The molecule has 0 heterocycles. The minimum atomic E-state index is 0.0912. The summed E-state index contributed by atoms with van der Waals surface area (Å²) in [5, 5.41) is 4.28. The lowest BCUT2D eigenvalue weighted by Crippen LogP contribution is -2.34. The Morgan fingerprint density at radius 2 is 1.95 bits per heavy atom. The first-order valence-corrected chi connectivity index (χ1v) is 7.65. The van der Waals surface area contributed by atoms with Crippen LogP contribution in [0.2, 0.25) is 5.02 Å². The Labute approximate surface area is 127 Å². The Balaban J connectivity index is 3.10. The molecule has 0 radical (unpaired) electrons. The van der Waals surface area contributed by atoms with Gasteiger partial charge in [0.2, 0.25) is 0 Å². The van der Waals surface area contributed by atoms with E-state index in [9.17, 15) is 0 Å². The summed E-state index contributed by atoms with van der Waals surface area (Å²) in [5.41, 5.74) is 1.06. The fourth-order valence-corrected chi connectivity index (χ4v) is 2.58. The van der Waals surface area contributed by atoms with E-state index < -0.39 is 0 Å². The van der Waals surface area contributed by atoms with Gasteiger partial charge in [-0.3, -0.25) is 0 Å². The monoisotopic (exact) mass is 299 g/mol. The van der Waals surface area contributed by atoms with Gasteiger partial charge >= 0.3 is 0 Å². The highest BCUT2D eigenvalue weighted by atomic mass is 35.5. The Morgan fingerprint density at radius 1 is 1.20 bits per heavy atom. The van der Waals surface area contributed by atoms with Gasteiger partial charge in [-0.25, -0.2) is 0 Å². The predicted octanol–water partition coefficient (Wildman–Crippen LogP) is 4.20. The summed E-state index contributed by atoms with van der Waals surface area (Å²) in [4.78, 5) is 0. The molecule has 0 spiro atoms. The second kappa shape index (κ2) is 9.22. The van der Waals surface area contributed by atoms with E-state index in [0.29, 0.717) is 0 Å². The van der Waals surface area contributed by atoms with Crippen LogP contribution in [0.3, 0.4) is 0 Å². The molecule has 1 N–H and O–H groups in total. The van der Waals surface area contributed by atoms with Crippen molar-refractivity contribution < 1.29 is 9.47 Å². The molecule has 0 aliphatic carbocycles. The lowest BCUT2D eigenvalue weighted by atomic mass is 9.97. The van der Waals surface area contributed by atoms with Crippen molar-refractivity contribution >= 4 is 11.6 Å². The maximum Gasteiger partial charge on any atom is 0.123 e. The highest BCUT2D eigenvalue weighted by Gasteiger charge is 2.25. The van der Waals surface area contributed by atoms with Crippen LogP contribution in [0.5, 0.6) is 5.75 Å². The Morgan fingerprint density at radius 3 is 2.50 bits per heavy atom. The third-order valence-electron chi connectivity index (χ3n) is 3.39. The third-order valence-corrected chi connectivity index (χ3v) is 3.62. The lowest BCUT2D eigenvalue weighted by molar-refractivity contribution is 0.0598. The molecule has 0 aromatic heterocycles. The number of rotatable bonds is 9. The largest absolute Gasteiger partial charge is 0.496 e. The molecule has 0 saturated heterocycles. The Kier molecular flexibility index (Phi) is 7.97. The summed E-state index contributed by atoms with van der Waals surface area (Å²) in [5.74, 6) is 0.848. The van der Waals surface area contributed by atoms with Crippen molar-refractivity contribution in [1.29, 1.82) is 0 Å². The number of nitrogens with one attached hydrogen (secondary N) is 1. The molecular formula is C16H26ClNO2. The highest BCUT2D eigenvalue weighted by molar-refractivity contribution is 6.30. The molecule has 2 unspecified atom stereocenters. The van der Waals surface area contributed by atoms with Gasteiger partial charge in [-0.1, -0.05) is 31.9 Å². The van der Waals surface area contributed by atoms with Crippen LogP contribution in [-0.4, -0.2) is 26.9 Å². The molecule has 0 fully saturated rings. The van der Waals surface area contributed by atoms with Gasteiger partial charge in [-0.2, -0.15) is 0 Å². The predicted molar refractivity (Wildman–Crippen MR) is 84.7 cm³/mol. The maximum absolute atomic E-state index is 6.15. The molecule has 20 heavy (non-hydrogen) atoms. The lowest BCUT2D eigenvalue weighted by Gasteiger charge is -2.28. The van der Waals surface area contributed by atoms with Crippen molar-refractivity contribution in [2.45, 2.75) is 45.3 Å². The van der Waals surface area contributed by atoms with Crippen molar-refractivity contribution in [1.82, 2.24) is 5.32 Å². The SMILES string of the molecule is CCCNC(c1cc(Cl)ccc1OC)C(CCC)OC. The van der Waals surface area contributed by atoms with Gasteiger partial charge in [0.25, 0.3) is 0 Å². The van der Waals surface area contributed by atoms with Crippen molar-refractivity contribution in [2.24, 2.45) is 0 Å². The van der Waals surface area contributed by atoms with Gasteiger partial charge in [0, 0.05) is 17.7 Å². The van der Waals surface area contributed by atoms with Crippen LogP contribution in [0, 0.1) is 0 Å². The molecular weight excluding hydrogens is 274 g/mol. The van der Waals surface area contributed by atoms with E-state index in [-0.39, 0.29) is 12.1 Å². The topological polar surface area (TPSA) is 30.5 Å². The van der Waals surface area contributed by atoms with Crippen LogP contribution in [0.15, 0.2) is 18.2 Å². The quantitative estimate of drug-likeness (QED) is 0.741. The third kappa shape index (κ3) is 4.65. The highest BCUT2D eigenvalue weighted by Crippen LogP contribution is 2.32. The molecule has 4 heteroatoms. The first-order chi connectivity index (χ1) is 9.67. The summed E-state index contributed by atoms with van der Waals surface area (Å²) in [6.07, 6.45) is 3.25. The van der Waals surface area contributed by atoms with Crippen molar-refractivity contribution in [3.63, 3.8) is 0 Å². The van der Waals surface area contributed by atoms with E-state index in [2.05, 4.69) is 19.2 Å². The van der Waals surface area contributed by atoms with Crippen LogP contribution in [0.4, 0.5) is 0 Å². The summed E-state index contributed by atoms with van der Waals surface area (Å²) < 4.78 is 11.2. The first-order valence-electron chi connectivity index (χ1n) is 7.27. The van der Waals surface area contributed by atoms with Crippen molar-refractivity contribution in [3.8, 4) is 5.75 Å². The van der Waals surface area contributed by atoms with Gasteiger partial charge in [-0.05, 0) is 37.6 Å². The van der Waals surface area contributed by atoms with Crippen LogP contribution in [0.1, 0.15) is 44.7 Å². The maximum atomic E-state index is 6.15. The zero-order chi connectivity index (χ0) is 15.0. The van der Waals surface area contributed by atoms with E-state index in [1.165, 1.54) is 0 Å². The molecule has 1 aromatic carbocycles. The standard InChI is InChI=1S/C16H26ClNO2/c1-5-7-15(20-4)16(18-10-6-2)13-11-12(17)8-9-14(13)19-3/h8-9,11,15-16,18H,5-7,10H2,1-4H3. The second-order valence-corrected chi connectivity index (χ2v) is 5.32. The first kappa shape index (κ1) is 17.3. The number of halogens is 1. The fraction of sp³-hybridized carbons (Fsp3) is 0.625. The van der Waals surface area contributed by atoms with Crippen molar-refractivity contribution in [2.75, 3.05) is 20.8 Å². The minimum Gasteiger partial charge on any atom is -0.496 e. The van der Waals surface area contributed by atoms with Crippen LogP contribution >= 0.6 is 11.6 Å². The summed E-state index contributed by atoms with van der Waals surface area (Å²) in [6.45, 7) is 5.25. The second-order valence-electron chi connectivity index (χ2n) is 4.88. The molecule has 0 bridgehead atoms.